The van der Waals surface area contributed by atoms with Gasteiger partial charge in [0.2, 0.25) is 0 Å². The van der Waals surface area contributed by atoms with Crippen LogP contribution in [-0.4, -0.2) is 40.6 Å². The van der Waals surface area contributed by atoms with Crippen LogP contribution in [0.4, 0.5) is 0 Å². The van der Waals surface area contributed by atoms with E-state index < -0.39 is 0 Å². The standard InChI is InChI=1S/C22H25N3O2/c1-15-10-16(2)14-24(13-15)22(26)18-11-17-8-9-25(21(17)23-12-18)19-4-6-20(27-3)7-5-19/h4-9,11-12,15-16H,10,13-14H2,1-3H3/t15-,16+. The van der Waals surface area contributed by atoms with E-state index in [0.717, 1.165) is 35.6 Å². The Kier molecular flexibility index (Phi) is 4.60. The van der Waals surface area contributed by atoms with Gasteiger partial charge in [0.05, 0.1) is 12.7 Å². The molecule has 0 spiro atoms. The van der Waals surface area contributed by atoms with Crippen molar-refractivity contribution >= 4 is 16.9 Å². The summed E-state index contributed by atoms with van der Waals surface area (Å²) in [5.41, 5.74) is 2.52. The largest absolute Gasteiger partial charge is 0.497 e. The molecular formula is C22H25N3O2. The predicted molar refractivity (Wildman–Crippen MR) is 106 cm³/mol. The number of carbonyl (C=O) groups is 1. The van der Waals surface area contributed by atoms with Crippen molar-refractivity contribution in [1.29, 1.82) is 0 Å². The number of methoxy groups -OCH3 is 1. The minimum atomic E-state index is 0.0833. The predicted octanol–water partition coefficient (Wildman–Crippen LogP) is 4.15. The van der Waals surface area contributed by atoms with E-state index in [2.05, 4.69) is 18.8 Å². The third-order valence-electron chi connectivity index (χ3n) is 5.28. The van der Waals surface area contributed by atoms with Crippen molar-refractivity contribution in [3.63, 3.8) is 0 Å². The summed E-state index contributed by atoms with van der Waals surface area (Å²) in [6.07, 6.45) is 4.87. The number of hydrogen-bond acceptors (Lipinski definition) is 3. The highest BCUT2D eigenvalue weighted by Crippen LogP contribution is 2.25. The number of likely N-dealkylation sites (tertiary alicyclic amines) is 1. The van der Waals surface area contributed by atoms with E-state index in [9.17, 15) is 4.79 Å². The first-order chi connectivity index (χ1) is 13.0. The number of fused-ring (bicyclic) bond motifs is 1. The van der Waals surface area contributed by atoms with Gasteiger partial charge in [-0.2, -0.15) is 0 Å². The third kappa shape index (κ3) is 3.42. The lowest BCUT2D eigenvalue weighted by atomic mass is 9.91. The Bertz CT molecular complexity index is 951. The van der Waals surface area contributed by atoms with Crippen LogP contribution in [0.15, 0.2) is 48.8 Å². The lowest BCUT2D eigenvalue weighted by molar-refractivity contribution is 0.0623. The van der Waals surface area contributed by atoms with Crippen LogP contribution in [0.2, 0.25) is 0 Å². The smallest absolute Gasteiger partial charge is 0.255 e. The van der Waals surface area contributed by atoms with E-state index in [-0.39, 0.29) is 5.91 Å². The summed E-state index contributed by atoms with van der Waals surface area (Å²) in [4.78, 5) is 19.5. The molecule has 27 heavy (non-hydrogen) atoms. The molecule has 1 fully saturated rings. The maximum Gasteiger partial charge on any atom is 0.255 e. The fraction of sp³-hybridized carbons (Fsp3) is 0.364. The molecule has 2 aromatic heterocycles. The van der Waals surface area contributed by atoms with Gasteiger partial charge in [-0.1, -0.05) is 13.8 Å². The molecule has 0 unspecified atom stereocenters. The Morgan fingerprint density at radius 3 is 2.48 bits per heavy atom. The number of ether oxygens (including phenoxy) is 1. The zero-order valence-electron chi connectivity index (χ0n) is 16.1. The van der Waals surface area contributed by atoms with Gasteiger partial charge in [0.25, 0.3) is 5.91 Å². The van der Waals surface area contributed by atoms with Crippen molar-refractivity contribution in [2.24, 2.45) is 11.8 Å². The summed E-state index contributed by atoms with van der Waals surface area (Å²) >= 11 is 0. The van der Waals surface area contributed by atoms with Gasteiger partial charge in [0, 0.05) is 36.6 Å². The van der Waals surface area contributed by atoms with Gasteiger partial charge in [-0.05, 0) is 54.7 Å². The van der Waals surface area contributed by atoms with E-state index in [0.29, 0.717) is 17.4 Å². The first-order valence-electron chi connectivity index (χ1n) is 9.46. The highest BCUT2D eigenvalue weighted by molar-refractivity contribution is 5.97. The molecule has 0 aliphatic carbocycles. The van der Waals surface area contributed by atoms with Crippen molar-refractivity contribution in [1.82, 2.24) is 14.5 Å². The average Bonchev–Trinajstić information content (AvgIpc) is 3.10. The second-order valence-corrected chi connectivity index (χ2v) is 7.68. The summed E-state index contributed by atoms with van der Waals surface area (Å²) in [5, 5.41) is 0.967. The lowest BCUT2D eigenvalue weighted by Crippen LogP contribution is -2.42. The van der Waals surface area contributed by atoms with Crippen molar-refractivity contribution in [2.45, 2.75) is 20.3 Å². The van der Waals surface area contributed by atoms with Crippen LogP contribution in [-0.2, 0) is 0 Å². The summed E-state index contributed by atoms with van der Waals surface area (Å²) in [7, 11) is 1.66. The van der Waals surface area contributed by atoms with Crippen molar-refractivity contribution in [3.05, 3.63) is 54.4 Å². The molecule has 1 aliphatic heterocycles. The molecule has 0 N–H and O–H groups in total. The molecule has 140 valence electrons. The Morgan fingerprint density at radius 2 is 1.81 bits per heavy atom. The molecule has 3 aromatic rings. The van der Waals surface area contributed by atoms with Crippen LogP contribution in [0.25, 0.3) is 16.7 Å². The van der Waals surface area contributed by atoms with Crippen LogP contribution in [0.5, 0.6) is 5.75 Å². The van der Waals surface area contributed by atoms with Gasteiger partial charge in [0.15, 0.2) is 0 Å². The minimum Gasteiger partial charge on any atom is -0.497 e. The van der Waals surface area contributed by atoms with Gasteiger partial charge in [-0.15, -0.1) is 0 Å². The number of benzene rings is 1. The number of nitrogens with zero attached hydrogens (tertiary/aromatic N) is 3. The molecule has 0 bridgehead atoms. The van der Waals surface area contributed by atoms with E-state index >= 15 is 0 Å². The number of hydrogen-bond donors (Lipinski definition) is 0. The number of piperidine rings is 1. The van der Waals surface area contributed by atoms with E-state index in [1.807, 2.05) is 52.1 Å². The summed E-state index contributed by atoms with van der Waals surface area (Å²) in [5.74, 6) is 2.00. The third-order valence-corrected chi connectivity index (χ3v) is 5.28. The Labute approximate surface area is 159 Å². The van der Waals surface area contributed by atoms with Crippen LogP contribution in [0.1, 0.15) is 30.6 Å². The monoisotopic (exact) mass is 363 g/mol. The quantitative estimate of drug-likeness (QED) is 0.702. The fourth-order valence-electron chi connectivity index (χ4n) is 4.10. The van der Waals surface area contributed by atoms with Crippen molar-refractivity contribution < 1.29 is 9.53 Å². The van der Waals surface area contributed by atoms with Crippen molar-refractivity contribution in [3.8, 4) is 11.4 Å². The molecule has 5 nitrogen and oxygen atoms in total. The van der Waals surface area contributed by atoms with Crippen molar-refractivity contribution in [2.75, 3.05) is 20.2 Å². The average molecular weight is 363 g/mol. The number of pyridine rings is 1. The SMILES string of the molecule is COc1ccc(-n2ccc3cc(C(=O)N4C[C@H](C)C[C@H](C)C4)cnc32)cc1. The Balaban J connectivity index is 1.62. The van der Waals surface area contributed by atoms with Crippen LogP contribution in [0, 0.1) is 11.8 Å². The second-order valence-electron chi connectivity index (χ2n) is 7.68. The number of carbonyl (C=O) groups excluding carboxylic acids is 1. The molecule has 1 aliphatic rings. The second kappa shape index (κ2) is 7.06. The maximum atomic E-state index is 12.9. The topological polar surface area (TPSA) is 47.4 Å². The van der Waals surface area contributed by atoms with Crippen LogP contribution >= 0.6 is 0 Å². The fourth-order valence-corrected chi connectivity index (χ4v) is 4.10. The maximum absolute atomic E-state index is 12.9. The van der Waals surface area contributed by atoms with Gasteiger partial charge in [-0.25, -0.2) is 4.98 Å². The highest BCUT2D eigenvalue weighted by Gasteiger charge is 2.26. The molecule has 2 atom stereocenters. The van der Waals surface area contributed by atoms with E-state index in [1.165, 1.54) is 6.42 Å². The molecule has 3 heterocycles. The van der Waals surface area contributed by atoms with Gasteiger partial charge in [0.1, 0.15) is 11.4 Å². The molecule has 5 heteroatoms. The Morgan fingerprint density at radius 1 is 1.11 bits per heavy atom. The van der Waals surface area contributed by atoms with Crippen LogP contribution in [0.3, 0.4) is 0 Å². The first-order valence-corrected chi connectivity index (χ1v) is 9.46. The van der Waals surface area contributed by atoms with Gasteiger partial charge >= 0.3 is 0 Å². The number of aromatic nitrogens is 2. The summed E-state index contributed by atoms with van der Waals surface area (Å²) in [6, 6.07) is 11.8. The van der Waals surface area contributed by atoms with E-state index in [1.54, 1.807) is 13.3 Å². The summed E-state index contributed by atoms with van der Waals surface area (Å²) < 4.78 is 7.24. The Hall–Kier alpha value is -2.82. The first kappa shape index (κ1) is 17.6. The molecule has 0 radical (unpaired) electrons. The normalized spacial score (nSPS) is 20.0. The molecule has 4 rings (SSSR count). The number of rotatable bonds is 3. The van der Waals surface area contributed by atoms with Gasteiger partial charge in [-0.3, -0.25) is 4.79 Å². The summed E-state index contributed by atoms with van der Waals surface area (Å²) in [6.45, 7) is 6.08. The number of amides is 1. The molecule has 0 saturated carbocycles. The zero-order valence-corrected chi connectivity index (χ0v) is 16.1. The lowest BCUT2D eigenvalue weighted by Gasteiger charge is -2.35. The molecular weight excluding hydrogens is 338 g/mol. The zero-order chi connectivity index (χ0) is 19.0. The highest BCUT2D eigenvalue weighted by atomic mass is 16.5. The van der Waals surface area contributed by atoms with E-state index in [4.69, 9.17) is 4.74 Å². The molecule has 1 aromatic carbocycles. The molecule has 1 saturated heterocycles. The molecule has 1 amide bonds. The van der Waals surface area contributed by atoms with Crippen LogP contribution < -0.4 is 4.74 Å². The minimum absolute atomic E-state index is 0.0833. The van der Waals surface area contributed by atoms with Gasteiger partial charge < -0.3 is 14.2 Å².